The average molecular weight is 338 g/mol. The van der Waals surface area contributed by atoms with Crippen LogP contribution in [-0.2, 0) is 13.0 Å². The third-order valence-corrected chi connectivity index (χ3v) is 3.36. The summed E-state index contributed by atoms with van der Waals surface area (Å²) in [6.45, 7) is 2.12. The fraction of sp³-hybridized carbons (Fsp3) is 0.333. The SMILES string of the molecule is COc1ccc(CCNCc2ccc(OCCO)cc2)cc1.Cl. The number of ether oxygens (including phenoxy) is 2. The number of hydrogen-bond acceptors (Lipinski definition) is 4. The quantitative estimate of drug-likeness (QED) is 0.691. The fourth-order valence-corrected chi connectivity index (χ4v) is 2.12. The molecule has 0 saturated carbocycles. The van der Waals surface area contributed by atoms with Gasteiger partial charge in [0.15, 0.2) is 0 Å². The molecule has 0 unspecified atom stereocenters. The molecule has 0 fully saturated rings. The van der Waals surface area contributed by atoms with E-state index in [-0.39, 0.29) is 19.0 Å². The smallest absolute Gasteiger partial charge is 0.119 e. The Balaban J connectivity index is 0.00000264. The van der Waals surface area contributed by atoms with Crippen LogP contribution in [0.25, 0.3) is 0 Å². The second-order valence-corrected chi connectivity index (χ2v) is 4.99. The van der Waals surface area contributed by atoms with Crippen molar-refractivity contribution in [2.24, 2.45) is 0 Å². The van der Waals surface area contributed by atoms with E-state index in [0.29, 0.717) is 6.61 Å². The van der Waals surface area contributed by atoms with Gasteiger partial charge in [-0.1, -0.05) is 24.3 Å². The summed E-state index contributed by atoms with van der Waals surface area (Å²) in [6.07, 6.45) is 0.988. The minimum atomic E-state index is 0. The summed E-state index contributed by atoms with van der Waals surface area (Å²) in [5, 5.41) is 12.1. The summed E-state index contributed by atoms with van der Waals surface area (Å²) < 4.78 is 10.5. The molecule has 0 spiro atoms. The van der Waals surface area contributed by atoms with Gasteiger partial charge in [0.2, 0.25) is 0 Å². The summed E-state index contributed by atoms with van der Waals surface area (Å²) in [4.78, 5) is 0. The molecule has 5 heteroatoms. The van der Waals surface area contributed by atoms with Gasteiger partial charge in [-0.25, -0.2) is 0 Å². The van der Waals surface area contributed by atoms with Crippen LogP contribution in [0.15, 0.2) is 48.5 Å². The molecule has 0 aliphatic heterocycles. The number of benzene rings is 2. The van der Waals surface area contributed by atoms with Crippen LogP contribution in [0.5, 0.6) is 11.5 Å². The van der Waals surface area contributed by atoms with Gasteiger partial charge in [-0.15, -0.1) is 12.4 Å². The molecule has 2 N–H and O–H groups in total. The predicted molar refractivity (Wildman–Crippen MR) is 94.7 cm³/mol. The Bertz CT molecular complexity index is 543. The molecule has 0 saturated heterocycles. The van der Waals surface area contributed by atoms with E-state index in [1.165, 1.54) is 11.1 Å². The molecular formula is C18H24ClNO3. The first kappa shape index (κ1) is 19.3. The Morgan fingerprint density at radius 1 is 0.913 bits per heavy atom. The first-order valence-electron chi connectivity index (χ1n) is 7.48. The van der Waals surface area contributed by atoms with Gasteiger partial charge in [0.05, 0.1) is 13.7 Å². The number of methoxy groups -OCH3 is 1. The topological polar surface area (TPSA) is 50.7 Å². The molecule has 0 heterocycles. The first-order valence-corrected chi connectivity index (χ1v) is 7.48. The Hall–Kier alpha value is -1.75. The first-order chi connectivity index (χ1) is 10.8. The lowest BCUT2D eigenvalue weighted by molar-refractivity contribution is 0.201. The predicted octanol–water partition coefficient (Wildman–Crippen LogP) is 2.82. The molecule has 0 amide bonds. The third-order valence-electron chi connectivity index (χ3n) is 3.36. The fourth-order valence-electron chi connectivity index (χ4n) is 2.12. The number of nitrogens with one attached hydrogen (secondary N) is 1. The highest BCUT2D eigenvalue weighted by Gasteiger charge is 1.97. The number of rotatable bonds is 9. The van der Waals surface area contributed by atoms with E-state index in [4.69, 9.17) is 14.6 Å². The highest BCUT2D eigenvalue weighted by molar-refractivity contribution is 5.85. The zero-order chi connectivity index (χ0) is 15.6. The van der Waals surface area contributed by atoms with Crippen LogP contribution in [0.2, 0.25) is 0 Å². The highest BCUT2D eigenvalue weighted by atomic mass is 35.5. The van der Waals surface area contributed by atoms with Gasteiger partial charge >= 0.3 is 0 Å². The minimum absolute atomic E-state index is 0. The van der Waals surface area contributed by atoms with Gasteiger partial charge in [-0.3, -0.25) is 0 Å². The zero-order valence-electron chi connectivity index (χ0n) is 13.3. The van der Waals surface area contributed by atoms with E-state index in [9.17, 15) is 0 Å². The van der Waals surface area contributed by atoms with Crippen LogP contribution in [0, 0.1) is 0 Å². The number of halogens is 1. The third kappa shape index (κ3) is 6.91. The molecule has 0 radical (unpaired) electrons. The van der Waals surface area contributed by atoms with Crippen molar-refractivity contribution in [3.8, 4) is 11.5 Å². The maximum absolute atomic E-state index is 8.71. The van der Waals surface area contributed by atoms with Crippen molar-refractivity contribution in [1.29, 1.82) is 0 Å². The molecule has 0 aromatic heterocycles. The minimum Gasteiger partial charge on any atom is -0.497 e. The van der Waals surface area contributed by atoms with Crippen molar-refractivity contribution in [2.75, 3.05) is 26.9 Å². The second kappa shape index (κ2) is 10.9. The van der Waals surface area contributed by atoms with Crippen LogP contribution >= 0.6 is 12.4 Å². The summed E-state index contributed by atoms with van der Waals surface area (Å²) >= 11 is 0. The molecule has 2 rings (SSSR count). The average Bonchev–Trinajstić information content (AvgIpc) is 2.58. The van der Waals surface area contributed by atoms with E-state index in [1.807, 2.05) is 36.4 Å². The lowest BCUT2D eigenvalue weighted by Gasteiger charge is -2.08. The Morgan fingerprint density at radius 2 is 1.52 bits per heavy atom. The Morgan fingerprint density at radius 3 is 2.13 bits per heavy atom. The maximum atomic E-state index is 8.71. The largest absolute Gasteiger partial charge is 0.497 e. The summed E-state index contributed by atoms with van der Waals surface area (Å²) in [6, 6.07) is 16.1. The van der Waals surface area contributed by atoms with Crippen molar-refractivity contribution in [1.82, 2.24) is 5.32 Å². The van der Waals surface area contributed by atoms with E-state index < -0.39 is 0 Å². The molecule has 0 bridgehead atoms. The number of aliphatic hydroxyl groups is 1. The molecule has 0 aliphatic carbocycles. The van der Waals surface area contributed by atoms with Gasteiger partial charge < -0.3 is 19.9 Å². The maximum Gasteiger partial charge on any atom is 0.119 e. The van der Waals surface area contributed by atoms with E-state index >= 15 is 0 Å². The van der Waals surface area contributed by atoms with E-state index in [1.54, 1.807) is 7.11 Å². The van der Waals surface area contributed by atoms with Gasteiger partial charge in [-0.05, 0) is 48.4 Å². The van der Waals surface area contributed by atoms with Crippen LogP contribution in [0.3, 0.4) is 0 Å². The molecule has 126 valence electrons. The molecule has 0 aliphatic rings. The molecule has 4 nitrogen and oxygen atoms in total. The van der Waals surface area contributed by atoms with Crippen LogP contribution in [0.1, 0.15) is 11.1 Å². The van der Waals surface area contributed by atoms with Crippen molar-refractivity contribution < 1.29 is 14.6 Å². The number of hydrogen-bond donors (Lipinski definition) is 2. The number of aliphatic hydroxyl groups excluding tert-OH is 1. The van der Waals surface area contributed by atoms with Crippen molar-refractivity contribution in [3.63, 3.8) is 0 Å². The molecule has 23 heavy (non-hydrogen) atoms. The second-order valence-electron chi connectivity index (χ2n) is 4.99. The van der Waals surface area contributed by atoms with Crippen LogP contribution in [0.4, 0.5) is 0 Å². The molecule has 0 atom stereocenters. The lowest BCUT2D eigenvalue weighted by atomic mass is 10.1. The van der Waals surface area contributed by atoms with Crippen molar-refractivity contribution in [2.45, 2.75) is 13.0 Å². The molecule has 2 aromatic rings. The standard InChI is InChI=1S/C18H23NO3.ClH/c1-21-17-6-2-15(3-7-17)10-11-19-14-16-4-8-18(9-5-16)22-13-12-20;/h2-9,19-20H,10-14H2,1H3;1H. The normalized spacial score (nSPS) is 10.0. The van der Waals surface area contributed by atoms with Gasteiger partial charge in [0, 0.05) is 6.54 Å². The van der Waals surface area contributed by atoms with Crippen LogP contribution in [-0.4, -0.2) is 32.0 Å². The Kier molecular flexibility index (Phi) is 9.14. The molecular weight excluding hydrogens is 314 g/mol. The highest BCUT2D eigenvalue weighted by Crippen LogP contribution is 2.13. The van der Waals surface area contributed by atoms with Gasteiger partial charge in [-0.2, -0.15) is 0 Å². The summed E-state index contributed by atoms with van der Waals surface area (Å²) in [5.74, 6) is 1.68. The zero-order valence-corrected chi connectivity index (χ0v) is 14.1. The Labute approximate surface area is 143 Å². The van der Waals surface area contributed by atoms with Crippen molar-refractivity contribution >= 4 is 12.4 Å². The van der Waals surface area contributed by atoms with E-state index in [0.717, 1.165) is 31.0 Å². The van der Waals surface area contributed by atoms with Crippen LogP contribution < -0.4 is 14.8 Å². The van der Waals surface area contributed by atoms with E-state index in [2.05, 4.69) is 17.4 Å². The lowest BCUT2D eigenvalue weighted by Crippen LogP contribution is -2.16. The van der Waals surface area contributed by atoms with Crippen molar-refractivity contribution in [3.05, 3.63) is 59.7 Å². The van der Waals surface area contributed by atoms with Gasteiger partial charge in [0.1, 0.15) is 18.1 Å². The monoisotopic (exact) mass is 337 g/mol. The summed E-state index contributed by atoms with van der Waals surface area (Å²) in [5.41, 5.74) is 2.51. The molecule has 2 aromatic carbocycles. The van der Waals surface area contributed by atoms with Gasteiger partial charge in [0.25, 0.3) is 0 Å². The summed E-state index contributed by atoms with van der Waals surface area (Å²) in [7, 11) is 1.68.